The van der Waals surface area contributed by atoms with Crippen LogP contribution in [0, 0.1) is 17.3 Å². The SMILES string of the molecule is C=C1C(OC(C)=O)=C[C@H](C(C)C)C1(C)C. The van der Waals surface area contributed by atoms with Gasteiger partial charge in [-0.1, -0.05) is 34.3 Å². The minimum Gasteiger partial charge on any atom is -0.427 e. The van der Waals surface area contributed by atoms with Gasteiger partial charge in [0.15, 0.2) is 0 Å². The van der Waals surface area contributed by atoms with Crippen molar-refractivity contribution in [2.24, 2.45) is 17.3 Å². The Bertz CT molecular complexity index is 321. The third kappa shape index (κ3) is 2.14. The zero-order chi connectivity index (χ0) is 11.8. The van der Waals surface area contributed by atoms with E-state index in [1.807, 2.05) is 6.08 Å². The van der Waals surface area contributed by atoms with Crippen LogP contribution >= 0.6 is 0 Å². The normalized spacial score (nSPS) is 24.3. The molecule has 0 amide bonds. The first-order chi connectivity index (χ1) is 6.76. The van der Waals surface area contributed by atoms with Gasteiger partial charge in [0.05, 0.1) is 0 Å². The third-order valence-electron chi connectivity index (χ3n) is 3.21. The minimum absolute atomic E-state index is 0.0149. The molecule has 0 heterocycles. The fraction of sp³-hybridized carbons (Fsp3) is 0.615. The molecule has 2 nitrogen and oxygen atoms in total. The number of hydrogen-bond acceptors (Lipinski definition) is 2. The summed E-state index contributed by atoms with van der Waals surface area (Å²) in [5.74, 6) is 1.29. The summed E-state index contributed by atoms with van der Waals surface area (Å²) in [5, 5.41) is 0. The van der Waals surface area contributed by atoms with E-state index < -0.39 is 0 Å². The summed E-state index contributed by atoms with van der Waals surface area (Å²) in [4.78, 5) is 10.9. The predicted octanol–water partition coefficient (Wildman–Crippen LogP) is 3.30. The first kappa shape index (κ1) is 12.0. The van der Waals surface area contributed by atoms with Gasteiger partial charge in [0.2, 0.25) is 0 Å². The molecule has 1 aliphatic rings. The summed E-state index contributed by atoms with van der Waals surface area (Å²) in [5.41, 5.74) is 0.912. The second-order valence-electron chi connectivity index (χ2n) is 5.09. The Hall–Kier alpha value is -1.05. The van der Waals surface area contributed by atoms with Crippen molar-refractivity contribution in [3.63, 3.8) is 0 Å². The van der Waals surface area contributed by atoms with Gasteiger partial charge in [-0.25, -0.2) is 0 Å². The number of esters is 1. The highest BCUT2D eigenvalue weighted by atomic mass is 16.5. The molecule has 0 aromatic heterocycles. The molecule has 0 saturated heterocycles. The highest BCUT2D eigenvalue weighted by Crippen LogP contribution is 2.48. The van der Waals surface area contributed by atoms with Crippen molar-refractivity contribution in [3.05, 3.63) is 24.0 Å². The van der Waals surface area contributed by atoms with Crippen molar-refractivity contribution in [1.82, 2.24) is 0 Å². The molecule has 84 valence electrons. The van der Waals surface area contributed by atoms with E-state index in [1.165, 1.54) is 6.92 Å². The topological polar surface area (TPSA) is 26.3 Å². The Balaban J connectivity index is 2.97. The lowest BCUT2D eigenvalue weighted by atomic mass is 9.73. The van der Waals surface area contributed by atoms with Crippen molar-refractivity contribution >= 4 is 5.97 Å². The maximum Gasteiger partial charge on any atom is 0.308 e. The van der Waals surface area contributed by atoms with E-state index in [-0.39, 0.29) is 11.4 Å². The van der Waals surface area contributed by atoms with Crippen LogP contribution in [0.3, 0.4) is 0 Å². The Morgan fingerprint density at radius 3 is 2.40 bits per heavy atom. The van der Waals surface area contributed by atoms with Crippen molar-refractivity contribution in [1.29, 1.82) is 0 Å². The van der Waals surface area contributed by atoms with Crippen LogP contribution in [0.5, 0.6) is 0 Å². The van der Waals surface area contributed by atoms with Gasteiger partial charge in [-0.3, -0.25) is 4.79 Å². The van der Waals surface area contributed by atoms with E-state index in [0.29, 0.717) is 17.6 Å². The number of hydrogen-bond donors (Lipinski definition) is 0. The molecule has 0 N–H and O–H groups in total. The lowest BCUT2D eigenvalue weighted by molar-refractivity contribution is -0.136. The number of ether oxygens (including phenoxy) is 1. The standard InChI is InChI=1S/C13H20O2/c1-8(2)11-7-12(15-10(4)14)9(3)13(11,5)6/h7-8,11H,3H2,1-2,4-6H3/t11-/m1/s1. The van der Waals surface area contributed by atoms with Crippen LogP contribution in [0.25, 0.3) is 0 Å². The molecule has 0 unspecified atom stereocenters. The van der Waals surface area contributed by atoms with E-state index in [2.05, 4.69) is 34.3 Å². The van der Waals surface area contributed by atoms with Gasteiger partial charge in [-0.15, -0.1) is 0 Å². The monoisotopic (exact) mass is 208 g/mol. The maximum absolute atomic E-state index is 10.9. The first-order valence-electron chi connectivity index (χ1n) is 5.36. The molecular weight excluding hydrogens is 188 g/mol. The van der Waals surface area contributed by atoms with Gasteiger partial charge in [-0.2, -0.15) is 0 Å². The first-order valence-corrected chi connectivity index (χ1v) is 5.36. The van der Waals surface area contributed by atoms with E-state index in [1.54, 1.807) is 0 Å². The molecule has 0 radical (unpaired) electrons. The minimum atomic E-state index is -0.275. The number of carbonyl (C=O) groups excluding carboxylic acids is 1. The van der Waals surface area contributed by atoms with Crippen molar-refractivity contribution in [3.8, 4) is 0 Å². The van der Waals surface area contributed by atoms with Gasteiger partial charge in [-0.05, 0) is 28.9 Å². The van der Waals surface area contributed by atoms with Crippen LogP contribution in [-0.4, -0.2) is 5.97 Å². The molecule has 0 saturated carbocycles. The zero-order valence-corrected chi connectivity index (χ0v) is 10.3. The Labute approximate surface area is 92.0 Å². The third-order valence-corrected chi connectivity index (χ3v) is 3.21. The van der Waals surface area contributed by atoms with Crippen LogP contribution in [-0.2, 0) is 9.53 Å². The lowest BCUT2D eigenvalue weighted by Gasteiger charge is -2.30. The zero-order valence-electron chi connectivity index (χ0n) is 10.3. The number of carbonyl (C=O) groups is 1. The van der Waals surface area contributed by atoms with Crippen molar-refractivity contribution in [2.45, 2.75) is 34.6 Å². The van der Waals surface area contributed by atoms with Gasteiger partial charge in [0.1, 0.15) is 5.76 Å². The molecule has 2 heteroatoms. The van der Waals surface area contributed by atoms with Crippen molar-refractivity contribution in [2.75, 3.05) is 0 Å². The quantitative estimate of drug-likeness (QED) is 0.651. The Kier molecular flexibility index (Phi) is 3.08. The van der Waals surface area contributed by atoms with E-state index in [0.717, 1.165) is 5.57 Å². The summed E-state index contributed by atoms with van der Waals surface area (Å²) in [6.45, 7) is 14.1. The van der Waals surface area contributed by atoms with Crippen LogP contribution in [0.4, 0.5) is 0 Å². The van der Waals surface area contributed by atoms with Crippen LogP contribution in [0.15, 0.2) is 24.0 Å². The van der Waals surface area contributed by atoms with Crippen LogP contribution in [0.2, 0.25) is 0 Å². The van der Waals surface area contributed by atoms with Crippen LogP contribution < -0.4 is 0 Å². The molecule has 1 rings (SSSR count). The fourth-order valence-electron chi connectivity index (χ4n) is 2.27. The molecule has 0 aromatic carbocycles. The van der Waals surface area contributed by atoms with E-state index in [4.69, 9.17) is 4.74 Å². The number of allylic oxidation sites excluding steroid dienone is 2. The molecule has 0 aromatic rings. The summed E-state index contributed by atoms with van der Waals surface area (Å²) in [6, 6.07) is 0. The lowest BCUT2D eigenvalue weighted by Crippen LogP contribution is -2.24. The van der Waals surface area contributed by atoms with Gasteiger partial charge in [0.25, 0.3) is 0 Å². The highest BCUT2D eigenvalue weighted by molar-refractivity contribution is 5.68. The van der Waals surface area contributed by atoms with Gasteiger partial charge in [0, 0.05) is 6.92 Å². The molecule has 0 fully saturated rings. The smallest absolute Gasteiger partial charge is 0.308 e. The molecule has 1 atom stereocenters. The molecular formula is C13H20O2. The van der Waals surface area contributed by atoms with Gasteiger partial charge >= 0.3 is 5.97 Å². The molecule has 0 aliphatic heterocycles. The average Bonchev–Trinajstić information content (AvgIpc) is 2.27. The predicted molar refractivity (Wildman–Crippen MR) is 61.1 cm³/mol. The average molecular weight is 208 g/mol. The summed E-state index contributed by atoms with van der Waals surface area (Å²) in [7, 11) is 0. The second-order valence-corrected chi connectivity index (χ2v) is 5.09. The number of rotatable bonds is 2. The van der Waals surface area contributed by atoms with E-state index in [9.17, 15) is 4.79 Å². The molecule has 15 heavy (non-hydrogen) atoms. The molecule has 1 aliphatic carbocycles. The van der Waals surface area contributed by atoms with Crippen molar-refractivity contribution < 1.29 is 9.53 Å². The summed E-state index contributed by atoms with van der Waals surface area (Å²) < 4.78 is 5.16. The largest absolute Gasteiger partial charge is 0.427 e. The second kappa shape index (κ2) is 3.84. The summed E-state index contributed by atoms with van der Waals surface area (Å²) >= 11 is 0. The Morgan fingerprint density at radius 1 is 1.53 bits per heavy atom. The van der Waals surface area contributed by atoms with Gasteiger partial charge < -0.3 is 4.74 Å². The van der Waals surface area contributed by atoms with E-state index >= 15 is 0 Å². The van der Waals surface area contributed by atoms with Crippen LogP contribution in [0.1, 0.15) is 34.6 Å². The summed E-state index contributed by atoms with van der Waals surface area (Å²) in [6.07, 6.45) is 2.04. The molecule has 0 spiro atoms. The Morgan fingerprint density at radius 2 is 2.07 bits per heavy atom. The highest BCUT2D eigenvalue weighted by Gasteiger charge is 2.41. The fourth-order valence-corrected chi connectivity index (χ4v) is 2.27. The molecule has 0 bridgehead atoms. The maximum atomic E-state index is 10.9.